The summed E-state index contributed by atoms with van der Waals surface area (Å²) in [6.07, 6.45) is 3.30. The van der Waals surface area contributed by atoms with E-state index in [9.17, 15) is 13.2 Å². The predicted molar refractivity (Wildman–Crippen MR) is 136 cm³/mol. The first-order valence-electron chi connectivity index (χ1n) is 10.6. The SMILES string of the molecule is O=C(Nc1cc(-c2cccc3[nH]ccc23)cc2c1cnn2S(=O)(=O)c1ccccc1)c1cscn1. The Morgan fingerprint density at radius 3 is 2.66 bits per heavy atom. The molecule has 3 aromatic carbocycles. The quantitative estimate of drug-likeness (QED) is 0.342. The fraction of sp³-hybridized carbons (Fsp3) is 0. The summed E-state index contributed by atoms with van der Waals surface area (Å²) in [4.78, 5) is 20.2. The molecule has 6 aromatic rings. The van der Waals surface area contributed by atoms with Crippen LogP contribution in [0.15, 0.2) is 94.9 Å². The molecule has 6 rings (SSSR count). The molecule has 3 aromatic heterocycles. The molecular formula is C25H17N5O3S2. The van der Waals surface area contributed by atoms with Gasteiger partial charge in [-0.3, -0.25) is 4.79 Å². The summed E-state index contributed by atoms with van der Waals surface area (Å²) in [7, 11) is -3.97. The number of carbonyl (C=O) groups is 1. The summed E-state index contributed by atoms with van der Waals surface area (Å²) in [6, 6.07) is 19.5. The minimum absolute atomic E-state index is 0.121. The van der Waals surface area contributed by atoms with Crippen molar-refractivity contribution in [3.63, 3.8) is 0 Å². The third kappa shape index (κ3) is 3.59. The van der Waals surface area contributed by atoms with Gasteiger partial charge in [0.05, 0.1) is 27.8 Å². The molecule has 0 saturated carbocycles. The van der Waals surface area contributed by atoms with Gasteiger partial charge >= 0.3 is 0 Å². The smallest absolute Gasteiger partial charge is 0.283 e. The molecule has 10 heteroatoms. The van der Waals surface area contributed by atoms with Crippen molar-refractivity contribution in [1.82, 2.24) is 19.2 Å². The zero-order valence-electron chi connectivity index (χ0n) is 18.0. The van der Waals surface area contributed by atoms with Crippen LogP contribution in [0.5, 0.6) is 0 Å². The molecule has 1 amide bonds. The van der Waals surface area contributed by atoms with Crippen LogP contribution in [0, 0.1) is 0 Å². The van der Waals surface area contributed by atoms with Crippen LogP contribution in [0.4, 0.5) is 5.69 Å². The van der Waals surface area contributed by atoms with Gasteiger partial charge < -0.3 is 10.3 Å². The minimum atomic E-state index is -3.97. The van der Waals surface area contributed by atoms with E-state index in [0.29, 0.717) is 16.6 Å². The van der Waals surface area contributed by atoms with Crippen LogP contribution in [0.3, 0.4) is 0 Å². The summed E-state index contributed by atoms with van der Waals surface area (Å²) in [6.45, 7) is 0. The summed E-state index contributed by atoms with van der Waals surface area (Å²) in [5.41, 5.74) is 5.23. The number of fused-ring (bicyclic) bond motifs is 2. The van der Waals surface area contributed by atoms with Crippen molar-refractivity contribution < 1.29 is 13.2 Å². The van der Waals surface area contributed by atoms with Crippen molar-refractivity contribution in [3.05, 3.63) is 95.7 Å². The Morgan fingerprint density at radius 2 is 1.86 bits per heavy atom. The van der Waals surface area contributed by atoms with E-state index < -0.39 is 10.0 Å². The Hall–Kier alpha value is -4.28. The van der Waals surface area contributed by atoms with E-state index in [0.717, 1.165) is 26.1 Å². The molecule has 8 nitrogen and oxygen atoms in total. The van der Waals surface area contributed by atoms with Crippen LogP contribution in [0.1, 0.15) is 10.5 Å². The summed E-state index contributed by atoms with van der Waals surface area (Å²) >= 11 is 1.32. The highest BCUT2D eigenvalue weighted by molar-refractivity contribution is 7.90. The predicted octanol–water partition coefficient (Wildman–Crippen LogP) is 5.13. The zero-order chi connectivity index (χ0) is 24.0. The van der Waals surface area contributed by atoms with E-state index >= 15 is 0 Å². The maximum absolute atomic E-state index is 13.4. The summed E-state index contributed by atoms with van der Waals surface area (Å²) in [5.74, 6) is -0.386. The normalized spacial score (nSPS) is 11.8. The lowest BCUT2D eigenvalue weighted by Crippen LogP contribution is -2.15. The van der Waals surface area contributed by atoms with Crippen molar-refractivity contribution in [3.8, 4) is 11.1 Å². The highest BCUT2D eigenvalue weighted by atomic mass is 32.2. The second-order valence-electron chi connectivity index (χ2n) is 7.83. The third-order valence-corrected chi connectivity index (χ3v) is 7.94. The topological polar surface area (TPSA) is 110 Å². The standard InChI is InChI=1S/C25H17N5O3S2/c31-25(23-14-34-15-27-23)29-22-11-16(18-7-4-8-21-19(18)9-10-26-21)12-24-20(22)13-28-30(24)35(32,33)17-5-2-1-3-6-17/h1-15,26H,(H,29,31). The number of anilines is 1. The Morgan fingerprint density at radius 1 is 1.00 bits per heavy atom. The number of aromatic amines is 1. The fourth-order valence-electron chi connectivity index (χ4n) is 4.10. The Bertz CT molecular complexity index is 1800. The van der Waals surface area contributed by atoms with Gasteiger partial charge in [0.15, 0.2) is 0 Å². The Kier molecular flexibility index (Phi) is 4.97. The molecule has 2 N–H and O–H groups in total. The number of thiazole rings is 1. The van der Waals surface area contributed by atoms with Gasteiger partial charge in [-0.2, -0.15) is 17.6 Å². The molecule has 0 saturated heterocycles. The fourth-order valence-corrected chi connectivity index (χ4v) is 5.91. The molecular weight excluding hydrogens is 482 g/mol. The molecule has 0 spiro atoms. The van der Waals surface area contributed by atoms with Crippen LogP contribution in [-0.4, -0.2) is 33.5 Å². The molecule has 172 valence electrons. The maximum atomic E-state index is 13.4. The second kappa shape index (κ2) is 8.19. The van der Waals surface area contributed by atoms with Crippen molar-refractivity contribution in [2.45, 2.75) is 4.90 Å². The van der Waals surface area contributed by atoms with Gasteiger partial charge in [0.25, 0.3) is 15.9 Å². The van der Waals surface area contributed by atoms with Crippen LogP contribution >= 0.6 is 11.3 Å². The van der Waals surface area contributed by atoms with Crippen LogP contribution in [0.2, 0.25) is 0 Å². The highest BCUT2D eigenvalue weighted by Gasteiger charge is 2.23. The number of hydrogen-bond acceptors (Lipinski definition) is 6. The molecule has 0 atom stereocenters. The van der Waals surface area contributed by atoms with Gasteiger partial charge in [0.2, 0.25) is 0 Å². The zero-order valence-corrected chi connectivity index (χ0v) is 19.7. The second-order valence-corrected chi connectivity index (χ2v) is 10.3. The Balaban J connectivity index is 1.59. The lowest BCUT2D eigenvalue weighted by molar-refractivity contribution is 0.102. The average Bonchev–Trinajstić information content (AvgIpc) is 3.65. The van der Waals surface area contributed by atoms with E-state index in [4.69, 9.17) is 0 Å². The van der Waals surface area contributed by atoms with Gasteiger partial charge in [-0.25, -0.2) is 4.98 Å². The molecule has 0 aliphatic carbocycles. The molecule has 0 bridgehead atoms. The van der Waals surface area contributed by atoms with Crippen LogP contribution in [-0.2, 0) is 10.0 Å². The number of hydrogen-bond donors (Lipinski definition) is 2. The number of nitrogens with zero attached hydrogens (tertiary/aromatic N) is 3. The number of aromatic nitrogens is 4. The largest absolute Gasteiger partial charge is 0.361 e. The number of nitrogens with one attached hydrogen (secondary N) is 2. The van der Waals surface area contributed by atoms with E-state index in [-0.39, 0.29) is 16.5 Å². The number of amides is 1. The number of H-pyrrole nitrogens is 1. The molecule has 0 unspecified atom stereocenters. The molecule has 0 aliphatic rings. The Labute approximate surface area is 203 Å². The van der Waals surface area contributed by atoms with Gasteiger partial charge in [-0.05, 0) is 47.5 Å². The van der Waals surface area contributed by atoms with Crippen molar-refractivity contribution in [1.29, 1.82) is 0 Å². The molecule has 3 heterocycles. The number of carbonyl (C=O) groups excluding carboxylic acids is 1. The van der Waals surface area contributed by atoms with Crippen LogP contribution < -0.4 is 5.32 Å². The van der Waals surface area contributed by atoms with E-state index in [1.165, 1.54) is 29.7 Å². The van der Waals surface area contributed by atoms with E-state index in [1.54, 1.807) is 35.2 Å². The highest BCUT2D eigenvalue weighted by Crippen LogP contribution is 2.35. The summed E-state index contributed by atoms with van der Waals surface area (Å²) in [5, 5.41) is 10.2. The molecule has 0 radical (unpaired) electrons. The first kappa shape index (κ1) is 21.3. The molecule has 0 aliphatic heterocycles. The van der Waals surface area contributed by atoms with Crippen LogP contribution in [0.25, 0.3) is 32.9 Å². The first-order valence-corrected chi connectivity index (χ1v) is 13.0. The monoisotopic (exact) mass is 499 g/mol. The third-order valence-electron chi connectivity index (χ3n) is 5.74. The number of rotatable bonds is 5. The van der Waals surface area contributed by atoms with Crippen molar-refractivity contribution in [2.75, 3.05) is 5.32 Å². The minimum Gasteiger partial charge on any atom is -0.361 e. The van der Waals surface area contributed by atoms with E-state index in [2.05, 4.69) is 20.4 Å². The number of benzene rings is 3. The van der Waals surface area contributed by atoms with Gasteiger partial charge in [0.1, 0.15) is 5.69 Å². The first-order chi connectivity index (χ1) is 17.0. The summed E-state index contributed by atoms with van der Waals surface area (Å²) < 4.78 is 27.9. The molecule has 0 fully saturated rings. The molecule has 35 heavy (non-hydrogen) atoms. The van der Waals surface area contributed by atoms with Gasteiger partial charge in [-0.1, -0.05) is 30.3 Å². The average molecular weight is 500 g/mol. The lowest BCUT2D eigenvalue weighted by Gasteiger charge is -2.12. The lowest BCUT2D eigenvalue weighted by atomic mass is 9.99. The van der Waals surface area contributed by atoms with E-state index in [1.807, 2.05) is 36.5 Å². The van der Waals surface area contributed by atoms with Crippen molar-refractivity contribution in [2.24, 2.45) is 0 Å². The van der Waals surface area contributed by atoms with Gasteiger partial charge in [-0.15, -0.1) is 11.3 Å². The van der Waals surface area contributed by atoms with Gasteiger partial charge in [0, 0.05) is 27.9 Å². The maximum Gasteiger partial charge on any atom is 0.283 e. The van der Waals surface area contributed by atoms with Crippen molar-refractivity contribution >= 4 is 54.8 Å².